The molecule has 0 heterocycles. The van der Waals surface area contributed by atoms with Gasteiger partial charge in [-0.1, -0.05) is 96.8 Å². The summed E-state index contributed by atoms with van der Waals surface area (Å²) in [4.78, 5) is 23.9. The highest BCUT2D eigenvalue weighted by Crippen LogP contribution is 2.38. The molecule has 1 N–H and O–H groups in total. The lowest BCUT2D eigenvalue weighted by atomic mass is 10.0. The molecule has 0 aliphatic carbocycles. The van der Waals surface area contributed by atoms with Crippen molar-refractivity contribution < 1.29 is 50.0 Å². The Morgan fingerprint density at radius 3 is 1.83 bits per heavy atom. The lowest BCUT2D eigenvalue weighted by molar-refractivity contribution is -0.870. The zero-order valence-electron chi connectivity index (χ0n) is 30.5. The third kappa shape index (κ3) is 26.4. The summed E-state index contributed by atoms with van der Waals surface area (Å²) in [6.45, 7) is -12.2. The average Bonchev–Trinajstić information content (AvgIpc) is 2.88. The number of aliphatic hydroxyl groups excluding tert-OH is 1. The standard InChI is InChI=1S/C26H54NO7P/c1-5-6-7-8-9-10-11-12-13-14-15-16-17-18-19-20-26(29)32-23-25(28)24-34-35(30,31)33-22-21-27(2,3)4/h25,28H,5-24H2,1-4H3/t25-/m1/s1/i2D3,3D3,4D3. The minimum atomic E-state index is -5.19. The maximum Gasteiger partial charge on any atom is 0.305 e. The molecule has 0 aromatic carbocycles. The Morgan fingerprint density at radius 1 is 0.857 bits per heavy atom. The molecule has 0 aliphatic rings. The van der Waals surface area contributed by atoms with Gasteiger partial charge in [0.25, 0.3) is 7.82 Å². The maximum atomic E-state index is 12.0. The van der Waals surface area contributed by atoms with E-state index in [9.17, 15) is 19.4 Å². The van der Waals surface area contributed by atoms with E-state index in [1.54, 1.807) is 0 Å². The molecule has 0 radical (unpaired) electrons. The smallest absolute Gasteiger partial charge is 0.305 e. The Balaban J connectivity index is 4.13. The predicted octanol–water partition coefficient (Wildman–Crippen LogP) is 5.36. The zero-order chi connectivity index (χ0) is 33.9. The molecule has 0 saturated heterocycles. The van der Waals surface area contributed by atoms with Crippen molar-refractivity contribution >= 4 is 13.8 Å². The molecular weight excluding hydrogens is 469 g/mol. The Labute approximate surface area is 227 Å². The lowest BCUT2D eigenvalue weighted by Crippen LogP contribution is -2.37. The van der Waals surface area contributed by atoms with Crippen molar-refractivity contribution in [2.24, 2.45) is 0 Å². The Hall–Kier alpha value is -0.500. The molecule has 1 unspecified atom stereocenters. The van der Waals surface area contributed by atoms with E-state index in [4.69, 9.17) is 17.1 Å². The number of rotatable bonds is 25. The minimum absolute atomic E-state index is 0.158. The summed E-state index contributed by atoms with van der Waals surface area (Å²) < 4.78 is 91.1. The molecule has 0 bridgehead atoms. The number of likely N-dealkylation sites (N-methyl/N-ethyl adjacent to an activating group) is 1. The molecule has 210 valence electrons. The van der Waals surface area contributed by atoms with Crippen LogP contribution in [0, 0.1) is 0 Å². The first-order valence-corrected chi connectivity index (χ1v) is 14.6. The number of aliphatic hydroxyl groups is 1. The number of carbonyl (C=O) groups excluding carboxylic acids is 1. The highest BCUT2D eigenvalue weighted by Gasteiger charge is 2.16. The van der Waals surface area contributed by atoms with Crippen molar-refractivity contribution in [1.29, 1.82) is 0 Å². The van der Waals surface area contributed by atoms with Gasteiger partial charge in [0.2, 0.25) is 0 Å². The molecule has 0 rings (SSSR count). The summed E-state index contributed by atoms with van der Waals surface area (Å²) in [5, 5.41) is 9.90. The van der Waals surface area contributed by atoms with E-state index >= 15 is 0 Å². The van der Waals surface area contributed by atoms with E-state index in [-0.39, 0.29) is 6.42 Å². The predicted molar refractivity (Wildman–Crippen MR) is 139 cm³/mol. The number of phosphoric acid groups is 1. The summed E-state index contributed by atoms with van der Waals surface area (Å²) in [6.07, 6.45) is 16.6. The number of esters is 1. The Kier molecular flexibility index (Phi) is 13.2. The Bertz CT molecular complexity index is 791. The van der Waals surface area contributed by atoms with E-state index in [0.717, 1.165) is 19.3 Å². The number of phosphoric ester groups is 1. The van der Waals surface area contributed by atoms with Crippen LogP contribution in [0.2, 0.25) is 0 Å². The largest absolute Gasteiger partial charge is 0.756 e. The third-order valence-corrected chi connectivity index (χ3v) is 6.49. The van der Waals surface area contributed by atoms with E-state index in [0.29, 0.717) is 6.42 Å². The second-order valence-electron chi connectivity index (χ2n) is 9.15. The fraction of sp³-hybridized carbons (Fsp3) is 0.962. The van der Waals surface area contributed by atoms with E-state index in [1.807, 2.05) is 0 Å². The molecule has 35 heavy (non-hydrogen) atoms. The number of quaternary nitrogens is 1. The van der Waals surface area contributed by atoms with Crippen LogP contribution in [0.15, 0.2) is 0 Å². The van der Waals surface area contributed by atoms with Crippen LogP contribution in [-0.4, -0.2) is 69.0 Å². The van der Waals surface area contributed by atoms with Crippen molar-refractivity contribution in [2.45, 2.75) is 116 Å². The molecule has 0 aromatic heterocycles. The van der Waals surface area contributed by atoms with Gasteiger partial charge in [-0.3, -0.25) is 9.36 Å². The fourth-order valence-electron chi connectivity index (χ4n) is 3.45. The van der Waals surface area contributed by atoms with Gasteiger partial charge in [-0.15, -0.1) is 0 Å². The van der Waals surface area contributed by atoms with Gasteiger partial charge in [-0.2, -0.15) is 0 Å². The second-order valence-corrected chi connectivity index (χ2v) is 10.6. The van der Waals surface area contributed by atoms with Crippen LogP contribution < -0.4 is 4.89 Å². The number of hydrogen-bond donors (Lipinski definition) is 1. The number of unbranched alkanes of at least 4 members (excludes halogenated alkanes) is 14. The molecule has 0 aromatic rings. The van der Waals surface area contributed by atoms with Crippen molar-refractivity contribution in [2.75, 3.05) is 47.3 Å². The van der Waals surface area contributed by atoms with Crippen LogP contribution in [0.5, 0.6) is 0 Å². The summed E-state index contributed by atoms with van der Waals surface area (Å²) in [5.74, 6) is -0.548. The van der Waals surface area contributed by atoms with Gasteiger partial charge < -0.3 is 28.3 Å². The highest BCUT2D eigenvalue weighted by atomic mass is 31.2. The molecule has 0 spiro atoms. The van der Waals surface area contributed by atoms with Crippen LogP contribution in [0.1, 0.15) is 122 Å². The first kappa shape index (κ1) is 21.4. The van der Waals surface area contributed by atoms with E-state index in [2.05, 4.69) is 16.0 Å². The van der Waals surface area contributed by atoms with Crippen molar-refractivity contribution in [1.82, 2.24) is 0 Å². The van der Waals surface area contributed by atoms with Crippen molar-refractivity contribution in [3.05, 3.63) is 0 Å². The molecule has 0 saturated carbocycles. The number of ether oxygens (including phenoxy) is 1. The minimum Gasteiger partial charge on any atom is -0.756 e. The quantitative estimate of drug-likeness (QED) is 0.0730. The average molecular weight is 533 g/mol. The van der Waals surface area contributed by atoms with Gasteiger partial charge in [0, 0.05) is 6.42 Å². The van der Waals surface area contributed by atoms with Gasteiger partial charge in [-0.25, -0.2) is 0 Å². The number of hydrogen-bond acceptors (Lipinski definition) is 7. The van der Waals surface area contributed by atoms with Gasteiger partial charge in [0.15, 0.2) is 0 Å². The molecule has 9 heteroatoms. The second kappa shape index (κ2) is 21.6. The molecule has 0 amide bonds. The van der Waals surface area contributed by atoms with Crippen LogP contribution >= 0.6 is 7.82 Å². The van der Waals surface area contributed by atoms with Gasteiger partial charge in [-0.05, 0) is 6.42 Å². The summed E-state index contributed by atoms with van der Waals surface area (Å²) in [5.41, 5.74) is 0. The van der Waals surface area contributed by atoms with Gasteiger partial charge >= 0.3 is 5.97 Å². The van der Waals surface area contributed by atoms with Gasteiger partial charge in [0.05, 0.1) is 39.9 Å². The normalized spacial score (nSPS) is 19.5. The number of nitrogens with zero attached hydrogens (tertiary/aromatic N) is 1. The van der Waals surface area contributed by atoms with Crippen LogP contribution in [0.4, 0.5) is 0 Å². The van der Waals surface area contributed by atoms with E-state index < -0.39 is 71.7 Å². The highest BCUT2D eigenvalue weighted by molar-refractivity contribution is 7.45. The van der Waals surface area contributed by atoms with Crippen LogP contribution in [0.3, 0.4) is 0 Å². The molecule has 0 fully saturated rings. The lowest BCUT2D eigenvalue weighted by Gasteiger charge is -2.27. The van der Waals surface area contributed by atoms with Gasteiger partial charge in [0.1, 0.15) is 25.9 Å². The summed E-state index contributed by atoms with van der Waals surface area (Å²) >= 11 is 0. The topological polar surface area (TPSA) is 105 Å². The first-order valence-electron chi connectivity index (χ1n) is 17.6. The molecule has 2 atom stereocenters. The maximum absolute atomic E-state index is 12.0. The van der Waals surface area contributed by atoms with Crippen molar-refractivity contribution in [3.63, 3.8) is 0 Å². The first-order chi connectivity index (χ1) is 20.3. The number of carbonyl (C=O) groups is 1. The summed E-state index contributed by atoms with van der Waals surface area (Å²) in [7, 11) is -5.19. The zero-order valence-corrected chi connectivity index (χ0v) is 22.4. The molecular formula is C26H54NO7P. The van der Waals surface area contributed by atoms with Crippen LogP contribution in [0.25, 0.3) is 0 Å². The Morgan fingerprint density at radius 2 is 1.34 bits per heavy atom. The van der Waals surface area contributed by atoms with E-state index in [1.165, 1.54) is 70.6 Å². The van der Waals surface area contributed by atoms with Crippen molar-refractivity contribution in [3.8, 4) is 0 Å². The molecule has 8 nitrogen and oxygen atoms in total. The molecule has 0 aliphatic heterocycles. The third-order valence-electron chi connectivity index (χ3n) is 5.52. The fourth-order valence-corrected chi connectivity index (χ4v) is 4.19. The SMILES string of the molecule is [2H]C([2H])([2H])[N+](CCOP(=O)([O-])OC[C@H](O)COC(=O)CCCCCCCCCCCCCCCCC)(C([2H])([2H])[2H])C([2H])([2H])[2H]. The summed E-state index contributed by atoms with van der Waals surface area (Å²) in [6, 6.07) is 0. The monoisotopic (exact) mass is 532 g/mol. The van der Waals surface area contributed by atoms with Crippen LogP contribution in [-0.2, 0) is 23.1 Å².